The zero-order chi connectivity index (χ0) is 33.1. The van der Waals surface area contributed by atoms with Crippen molar-refractivity contribution in [1.29, 1.82) is 0 Å². The second kappa shape index (κ2) is 20.1. The number of ketones is 1. The molecule has 1 amide bonds. The van der Waals surface area contributed by atoms with Gasteiger partial charge in [-0.05, 0) is 69.0 Å². The van der Waals surface area contributed by atoms with Crippen molar-refractivity contribution in [2.75, 3.05) is 46.2 Å². The Bertz CT molecular complexity index is 1410. The van der Waals surface area contributed by atoms with Gasteiger partial charge in [-0.3, -0.25) is 4.79 Å². The third kappa shape index (κ3) is 12.7. The number of esters is 1. The Morgan fingerprint density at radius 3 is 2.35 bits per heavy atom. The number of amides is 1. The van der Waals surface area contributed by atoms with Gasteiger partial charge >= 0.3 is 5.97 Å². The molecule has 2 aromatic carbocycles. The van der Waals surface area contributed by atoms with Crippen LogP contribution in [-0.2, 0) is 28.6 Å². The van der Waals surface area contributed by atoms with Crippen molar-refractivity contribution in [2.24, 2.45) is 4.99 Å². The fourth-order valence-corrected chi connectivity index (χ4v) is 5.18. The monoisotopic (exact) mass is 654 g/mol. The van der Waals surface area contributed by atoms with E-state index in [1.807, 2.05) is 18.2 Å². The summed E-state index contributed by atoms with van der Waals surface area (Å²) in [6, 6.07) is 14.0. The molecule has 2 aromatic rings. The second-order valence-electron chi connectivity index (χ2n) is 10.2. The molecule has 0 saturated carbocycles. The van der Waals surface area contributed by atoms with Crippen molar-refractivity contribution in [3.63, 3.8) is 0 Å². The van der Waals surface area contributed by atoms with Crippen LogP contribution < -0.4 is 10.1 Å². The van der Waals surface area contributed by atoms with Crippen molar-refractivity contribution in [2.45, 2.75) is 46.0 Å². The molecule has 3 rings (SSSR count). The highest BCUT2D eigenvalue weighted by molar-refractivity contribution is 8.18. The zero-order valence-electron chi connectivity index (χ0n) is 26.3. The van der Waals surface area contributed by atoms with Gasteiger partial charge < -0.3 is 39.3 Å². The smallest absolute Gasteiger partial charge is 0.344 e. The first-order valence-corrected chi connectivity index (χ1v) is 16.1. The Hall–Kier alpha value is -4.13. The molecule has 0 atom stereocenters. The van der Waals surface area contributed by atoms with Gasteiger partial charge in [0.1, 0.15) is 28.8 Å². The Morgan fingerprint density at radius 1 is 0.913 bits per heavy atom. The van der Waals surface area contributed by atoms with Crippen molar-refractivity contribution in [3.8, 4) is 11.5 Å². The van der Waals surface area contributed by atoms with E-state index in [-0.39, 0.29) is 54.8 Å². The number of hydrogen-bond donors (Lipinski definition) is 3. The van der Waals surface area contributed by atoms with Crippen molar-refractivity contribution < 1.29 is 43.5 Å². The molecular formula is C34H42N2O9S. The van der Waals surface area contributed by atoms with Crippen LogP contribution in [0.5, 0.6) is 11.5 Å². The van der Waals surface area contributed by atoms with E-state index in [0.717, 1.165) is 31.0 Å². The number of aliphatic imine (C=N–C) groups is 1. The maximum Gasteiger partial charge on any atom is 0.344 e. The number of ether oxygens (including phenoxy) is 4. The molecule has 0 spiro atoms. The number of nitrogens with one attached hydrogen (secondary N) is 1. The quantitative estimate of drug-likeness (QED) is 0.121. The minimum absolute atomic E-state index is 0.000409. The molecule has 0 saturated heterocycles. The van der Waals surface area contributed by atoms with Crippen LogP contribution in [0.15, 0.2) is 69.8 Å². The number of phenolic OH excluding ortho intramolecular Hbond substituents is 1. The van der Waals surface area contributed by atoms with Gasteiger partial charge in [0.25, 0.3) is 0 Å². The number of aliphatic hydroxyl groups is 1. The molecular weight excluding hydrogens is 612 g/mol. The fourth-order valence-electron chi connectivity index (χ4n) is 4.15. The number of thioether (sulfide) groups is 1. The summed E-state index contributed by atoms with van der Waals surface area (Å²) < 4.78 is 21.9. The molecule has 1 aliphatic heterocycles. The van der Waals surface area contributed by atoms with E-state index in [9.17, 15) is 24.6 Å². The number of Topliss-reactive ketones (excluding diaryl/α,β-unsaturated/α-hetero) is 1. The summed E-state index contributed by atoms with van der Waals surface area (Å²) in [4.78, 5) is 39.9. The molecule has 46 heavy (non-hydrogen) atoms. The van der Waals surface area contributed by atoms with Crippen LogP contribution in [0.3, 0.4) is 0 Å². The molecule has 0 aliphatic carbocycles. The number of hydrogen-bond acceptors (Lipinski definition) is 11. The summed E-state index contributed by atoms with van der Waals surface area (Å²) in [6.07, 6.45) is 4.81. The number of rotatable bonds is 20. The van der Waals surface area contributed by atoms with Crippen LogP contribution in [-0.4, -0.2) is 79.1 Å². The Labute approximate surface area is 273 Å². The average molecular weight is 655 g/mol. The zero-order valence-corrected chi connectivity index (χ0v) is 27.1. The molecule has 0 unspecified atom stereocenters. The number of aliphatic hydroxyl groups excluding tert-OH is 1. The van der Waals surface area contributed by atoms with Crippen molar-refractivity contribution in [3.05, 3.63) is 70.3 Å². The van der Waals surface area contributed by atoms with Gasteiger partial charge in [-0.1, -0.05) is 36.0 Å². The highest BCUT2D eigenvalue weighted by Gasteiger charge is 2.33. The molecule has 248 valence electrons. The molecule has 0 aromatic heterocycles. The van der Waals surface area contributed by atoms with Gasteiger partial charge in [0.2, 0.25) is 5.91 Å². The Morgan fingerprint density at radius 2 is 1.65 bits per heavy atom. The predicted octanol–water partition coefficient (Wildman–Crippen LogP) is 5.65. The van der Waals surface area contributed by atoms with Crippen LogP contribution in [0.25, 0.3) is 6.08 Å². The second-order valence-corrected chi connectivity index (χ2v) is 11.3. The van der Waals surface area contributed by atoms with Gasteiger partial charge in [0.05, 0.1) is 30.4 Å². The van der Waals surface area contributed by atoms with E-state index in [4.69, 9.17) is 18.9 Å². The van der Waals surface area contributed by atoms with Gasteiger partial charge in [0, 0.05) is 32.6 Å². The fraction of sp³-hybridized carbons (Fsp3) is 0.412. The minimum atomic E-state index is -0.661. The summed E-state index contributed by atoms with van der Waals surface area (Å²) in [5.41, 5.74) is 1.23. The number of carbonyl (C=O) groups excluding carboxylic acids is 3. The summed E-state index contributed by atoms with van der Waals surface area (Å²) in [7, 11) is 0. The van der Waals surface area contributed by atoms with Gasteiger partial charge in [-0.25, -0.2) is 9.79 Å². The van der Waals surface area contributed by atoms with E-state index in [2.05, 4.69) is 10.3 Å². The molecule has 11 nitrogen and oxygen atoms in total. The van der Waals surface area contributed by atoms with E-state index in [0.29, 0.717) is 59.9 Å². The van der Waals surface area contributed by atoms with E-state index < -0.39 is 5.97 Å². The Balaban J connectivity index is 1.37. The summed E-state index contributed by atoms with van der Waals surface area (Å²) in [5.74, 6) is -0.799. The number of carbonyl (C=O) groups is 3. The summed E-state index contributed by atoms with van der Waals surface area (Å²) in [5, 5.41) is 24.5. The van der Waals surface area contributed by atoms with Gasteiger partial charge in [-0.2, -0.15) is 0 Å². The number of phenols is 1. The first kappa shape index (κ1) is 36.3. The lowest BCUT2D eigenvalue weighted by Gasteiger charge is -2.10. The number of benzene rings is 2. The molecule has 0 bridgehead atoms. The van der Waals surface area contributed by atoms with E-state index in [1.165, 1.54) is 13.0 Å². The average Bonchev–Trinajstić information content (AvgIpc) is 3.33. The topological polar surface area (TPSA) is 153 Å². The third-order valence-corrected chi connectivity index (χ3v) is 7.49. The molecule has 3 N–H and O–H groups in total. The van der Waals surface area contributed by atoms with Crippen LogP contribution in [0, 0.1) is 0 Å². The van der Waals surface area contributed by atoms with Crippen LogP contribution in [0.2, 0.25) is 0 Å². The first-order chi connectivity index (χ1) is 22.3. The molecule has 12 heteroatoms. The van der Waals surface area contributed by atoms with Crippen LogP contribution in [0.1, 0.15) is 51.5 Å². The van der Waals surface area contributed by atoms with E-state index >= 15 is 0 Å². The highest BCUT2D eigenvalue weighted by atomic mass is 32.2. The van der Waals surface area contributed by atoms with E-state index in [1.54, 1.807) is 37.3 Å². The normalized spacial score (nSPS) is 14.6. The largest absolute Gasteiger partial charge is 0.506 e. The minimum Gasteiger partial charge on any atom is -0.506 e. The molecule has 1 heterocycles. The standard InChI is InChI=1S/C34H42N2O9S/c1-3-44-34(41)31-32(40)29(46-33(31)36-26-10-6-4-7-11-26)23-25-13-14-28(27(38)22-25)45-21-20-43-18-9-5-8-17-42-19-16-35-30(39)15-12-24(2)37/h4,6-7,10-11,13-14,22-23,38,40H,3,5,8-9,12,15-21H2,1-2H3,(H,35,39)/b29-23-,36-33?. The summed E-state index contributed by atoms with van der Waals surface area (Å²) in [6.45, 7) is 5.98. The lowest BCUT2D eigenvalue weighted by atomic mass is 10.1. The Kier molecular flexibility index (Phi) is 15.9. The lowest BCUT2D eigenvalue weighted by Crippen LogP contribution is -2.27. The van der Waals surface area contributed by atoms with Crippen LogP contribution in [0.4, 0.5) is 5.69 Å². The highest BCUT2D eigenvalue weighted by Crippen LogP contribution is 2.41. The van der Waals surface area contributed by atoms with Crippen molar-refractivity contribution >= 4 is 46.2 Å². The van der Waals surface area contributed by atoms with Crippen LogP contribution >= 0.6 is 11.8 Å². The lowest BCUT2D eigenvalue weighted by molar-refractivity contribution is -0.138. The number of nitrogens with zero attached hydrogens (tertiary/aromatic N) is 1. The number of aromatic hydroxyl groups is 1. The molecule has 0 fully saturated rings. The molecule has 1 aliphatic rings. The number of unbranched alkanes of at least 4 members (excludes halogenated alkanes) is 2. The third-order valence-electron chi connectivity index (χ3n) is 6.47. The maximum absolute atomic E-state index is 12.6. The number of para-hydroxylation sites is 1. The maximum atomic E-state index is 12.6. The summed E-state index contributed by atoms with van der Waals surface area (Å²) >= 11 is 1.14. The first-order valence-electron chi connectivity index (χ1n) is 15.3. The SMILES string of the molecule is CCOC(=O)C1=C(O)/C(=C/c2ccc(OCCOCCCCCOCCNC(=O)CCC(C)=O)c(O)c2)SC1=Nc1ccccc1. The van der Waals surface area contributed by atoms with Gasteiger partial charge in [0.15, 0.2) is 11.5 Å². The molecule has 0 radical (unpaired) electrons. The van der Waals surface area contributed by atoms with Crippen molar-refractivity contribution in [1.82, 2.24) is 5.32 Å². The predicted molar refractivity (Wildman–Crippen MR) is 177 cm³/mol. The van der Waals surface area contributed by atoms with Gasteiger partial charge in [-0.15, -0.1) is 0 Å².